The van der Waals surface area contributed by atoms with Crippen LogP contribution in [0.3, 0.4) is 0 Å². The summed E-state index contributed by atoms with van der Waals surface area (Å²) in [6.07, 6.45) is 0.340. The van der Waals surface area contributed by atoms with Crippen molar-refractivity contribution in [1.82, 2.24) is 14.9 Å². The van der Waals surface area contributed by atoms with Crippen LogP contribution < -0.4 is 14.8 Å². The van der Waals surface area contributed by atoms with E-state index in [1.54, 1.807) is 12.1 Å². The minimum absolute atomic E-state index is 0.0521. The smallest absolute Gasteiger partial charge is 0.241 e. The molecule has 2 amide bonds. The Hall–Kier alpha value is -2.13. The maximum atomic E-state index is 12.8. The molecule has 1 saturated heterocycles. The average molecular weight is 383 g/mol. The first-order chi connectivity index (χ1) is 12.2. The first kappa shape index (κ1) is 20.2. The summed E-state index contributed by atoms with van der Waals surface area (Å²) in [6.45, 7) is 4.49. The Labute approximate surface area is 153 Å². The largest absolute Gasteiger partial charge is 0.497 e. The number of rotatable bonds is 7. The van der Waals surface area contributed by atoms with Gasteiger partial charge in [0.05, 0.1) is 18.6 Å². The molecule has 8 nitrogen and oxygen atoms in total. The van der Waals surface area contributed by atoms with Gasteiger partial charge in [0.2, 0.25) is 21.8 Å². The summed E-state index contributed by atoms with van der Waals surface area (Å²) in [7, 11) is -2.39. The second-order valence-corrected chi connectivity index (χ2v) is 8.30. The molecule has 0 aliphatic carbocycles. The van der Waals surface area contributed by atoms with E-state index in [0.717, 1.165) is 0 Å². The van der Waals surface area contributed by atoms with Gasteiger partial charge in [-0.1, -0.05) is 13.8 Å². The lowest BCUT2D eigenvalue weighted by molar-refractivity contribution is -0.139. The van der Waals surface area contributed by atoms with Crippen molar-refractivity contribution in [2.75, 3.05) is 26.7 Å². The summed E-state index contributed by atoms with van der Waals surface area (Å²) in [5.41, 5.74) is 0. The van der Waals surface area contributed by atoms with Gasteiger partial charge in [-0.15, -0.1) is 0 Å². The molecule has 2 N–H and O–H groups in total. The SMILES string of the molecule is COc1ccc(S(=O)(=O)N[C@H](CC(C)C)C(=O)N2CCNC(=O)C2)cc1. The van der Waals surface area contributed by atoms with Crippen LogP contribution in [0.25, 0.3) is 0 Å². The van der Waals surface area contributed by atoms with E-state index in [4.69, 9.17) is 4.74 Å². The molecule has 1 aliphatic rings. The molecular weight excluding hydrogens is 358 g/mol. The van der Waals surface area contributed by atoms with Gasteiger partial charge in [-0.25, -0.2) is 8.42 Å². The second kappa shape index (κ2) is 8.50. The van der Waals surface area contributed by atoms with Gasteiger partial charge >= 0.3 is 0 Å². The number of methoxy groups -OCH3 is 1. The first-order valence-electron chi connectivity index (χ1n) is 8.45. The van der Waals surface area contributed by atoms with Gasteiger partial charge in [0.15, 0.2) is 0 Å². The molecule has 1 aliphatic heterocycles. The van der Waals surface area contributed by atoms with E-state index in [2.05, 4.69) is 10.0 Å². The Bertz CT molecular complexity index is 746. The molecule has 0 unspecified atom stereocenters. The third-order valence-corrected chi connectivity index (χ3v) is 5.51. The summed E-state index contributed by atoms with van der Waals surface area (Å²) >= 11 is 0. The van der Waals surface area contributed by atoms with E-state index in [1.807, 2.05) is 13.8 Å². The first-order valence-corrected chi connectivity index (χ1v) is 9.93. The molecule has 26 heavy (non-hydrogen) atoms. The van der Waals surface area contributed by atoms with Gasteiger partial charge in [-0.2, -0.15) is 4.72 Å². The fourth-order valence-corrected chi connectivity index (χ4v) is 3.93. The standard InChI is InChI=1S/C17H25N3O5S/c1-12(2)10-15(17(22)20-9-8-18-16(21)11-20)19-26(23,24)14-6-4-13(25-3)5-7-14/h4-7,12,15,19H,8-11H2,1-3H3,(H,18,21)/t15-/m1/s1. The van der Waals surface area contributed by atoms with Crippen molar-refractivity contribution < 1.29 is 22.7 Å². The van der Waals surface area contributed by atoms with E-state index < -0.39 is 16.1 Å². The van der Waals surface area contributed by atoms with Gasteiger partial charge < -0.3 is 15.0 Å². The van der Waals surface area contributed by atoms with Crippen LogP contribution in [0.5, 0.6) is 5.75 Å². The highest BCUT2D eigenvalue weighted by Gasteiger charge is 2.32. The summed E-state index contributed by atoms with van der Waals surface area (Å²) in [5.74, 6) is 0.00997. The van der Waals surface area contributed by atoms with Crippen LogP contribution in [0.15, 0.2) is 29.2 Å². The van der Waals surface area contributed by atoms with Crippen molar-refractivity contribution in [3.05, 3.63) is 24.3 Å². The number of carbonyl (C=O) groups is 2. The molecule has 0 spiro atoms. The zero-order valence-corrected chi connectivity index (χ0v) is 16.0. The van der Waals surface area contributed by atoms with Crippen LogP contribution in [0, 0.1) is 5.92 Å². The fourth-order valence-electron chi connectivity index (χ4n) is 2.73. The molecule has 144 valence electrons. The molecular formula is C17H25N3O5S. The number of hydrogen-bond donors (Lipinski definition) is 2. The lowest BCUT2D eigenvalue weighted by Gasteiger charge is -2.31. The van der Waals surface area contributed by atoms with Crippen LogP contribution >= 0.6 is 0 Å². The third kappa shape index (κ3) is 5.18. The Morgan fingerprint density at radius 1 is 1.31 bits per heavy atom. The van der Waals surface area contributed by atoms with Crippen molar-refractivity contribution in [3.63, 3.8) is 0 Å². The van der Waals surface area contributed by atoms with Gasteiger partial charge in [0.1, 0.15) is 11.8 Å². The van der Waals surface area contributed by atoms with Crippen molar-refractivity contribution in [2.24, 2.45) is 5.92 Å². The Kier molecular flexibility index (Phi) is 6.60. The highest BCUT2D eigenvalue weighted by Crippen LogP contribution is 2.17. The van der Waals surface area contributed by atoms with Gasteiger partial charge in [0, 0.05) is 13.1 Å². The molecule has 1 heterocycles. The number of piperazine rings is 1. The highest BCUT2D eigenvalue weighted by atomic mass is 32.2. The number of carbonyl (C=O) groups excluding carboxylic acids is 2. The molecule has 0 aromatic heterocycles. The highest BCUT2D eigenvalue weighted by molar-refractivity contribution is 7.89. The van der Waals surface area contributed by atoms with Crippen LogP contribution in [0.4, 0.5) is 0 Å². The predicted octanol–water partition coefficient (Wildman–Crippen LogP) is 0.347. The number of nitrogens with one attached hydrogen (secondary N) is 2. The second-order valence-electron chi connectivity index (χ2n) is 6.59. The summed E-state index contributed by atoms with van der Waals surface area (Å²) < 4.78 is 32.9. The van der Waals surface area contributed by atoms with E-state index in [-0.39, 0.29) is 29.2 Å². The maximum Gasteiger partial charge on any atom is 0.241 e. The van der Waals surface area contributed by atoms with E-state index >= 15 is 0 Å². The lowest BCUT2D eigenvalue weighted by atomic mass is 10.0. The molecule has 1 aromatic carbocycles. The maximum absolute atomic E-state index is 12.8. The molecule has 1 atom stereocenters. The normalized spacial score (nSPS) is 16.3. The molecule has 1 fully saturated rings. The van der Waals surface area contributed by atoms with Gasteiger partial charge in [0.25, 0.3) is 0 Å². The van der Waals surface area contributed by atoms with Crippen molar-refractivity contribution in [3.8, 4) is 5.75 Å². The molecule has 0 saturated carbocycles. The van der Waals surface area contributed by atoms with Crippen LogP contribution in [-0.2, 0) is 19.6 Å². The zero-order chi connectivity index (χ0) is 19.3. The summed E-state index contributed by atoms with van der Waals surface area (Å²) in [4.78, 5) is 25.8. The van der Waals surface area contributed by atoms with Crippen LogP contribution in [0.2, 0.25) is 0 Å². The Morgan fingerprint density at radius 2 is 1.96 bits per heavy atom. The van der Waals surface area contributed by atoms with Gasteiger partial charge in [-0.3, -0.25) is 9.59 Å². The number of amides is 2. The number of ether oxygens (including phenoxy) is 1. The number of sulfonamides is 1. The molecule has 0 radical (unpaired) electrons. The lowest BCUT2D eigenvalue weighted by Crippen LogP contribution is -2.56. The molecule has 2 rings (SSSR count). The number of benzene rings is 1. The number of hydrogen-bond acceptors (Lipinski definition) is 5. The topological polar surface area (TPSA) is 105 Å². The third-order valence-electron chi connectivity index (χ3n) is 4.02. The zero-order valence-electron chi connectivity index (χ0n) is 15.2. The Balaban J connectivity index is 2.19. The molecule has 0 bridgehead atoms. The number of nitrogens with zero attached hydrogens (tertiary/aromatic N) is 1. The van der Waals surface area contributed by atoms with Gasteiger partial charge in [-0.05, 0) is 36.6 Å². The predicted molar refractivity (Wildman–Crippen MR) is 96.1 cm³/mol. The molecule has 9 heteroatoms. The minimum atomic E-state index is -3.88. The van der Waals surface area contributed by atoms with E-state index in [1.165, 1.54) is 24.1 Å². The summed E-state index contributed by atoms with van der Waals surface area (Å²) in [5, 5.41) is 2.65. The minimum Gasteiger partial charge on any atom is -0.497 e. The molecule has 1 aromatic rings. The van der Waals surface area contributed by atoms with E-state index in [0.29, 0.717) is 25.3 Å². The summed E-state index contributed by atoms with van der Waals surface area (Å²) in [6, 6.07) is 5.01. The fraction of sp³-hybridized carbons (Fsp3) is 0.529. The van der Waals surface area contributed by atoms with Crippen LogP contribution in [-0.4, -0.2) is 57.9 Å². The average Bonchev–Trinajstić information content (AvgIpc) is 2.60. The van der Waals surface area contributed by atoms with Crippen molar-refractivity contribution in [1.29, 1.82) is 0 Å². The quantitative estimate of drug-likeness (QED) is 0.707. The van der Waals surface area contributed by atoms with Crippen LogP contribution in [0.1, 0.15) is 20.3 Å². The van der Waals surface area contributed by atoms with E-state index in [9.17, 15) is 18.0 Å². The van der Waals surface area contributed by atoms with Crippen molar-refractivity contribution in [2.45, 2.75) is 31.2 Å². The monoisotopic (exact) mass is 383 g/mol. The Morgan fingerprint density at radius 3 is 2.50 bits per heavy atom. The van der Waals surface area contributed by atoms with Crippen molar-refractivity contribution >= 4 is 21.8 Å².